The van der Waals surface area contributed by atoms with Gasteiger partial charge in [0, 0.05) is 13.0 Å². The summed E-state index contributed by atoms with van der Waals surface area (Å²) in [7, 11) is 0. The summed E-state index contributed by atoms with van der Waals surface area (Å²) in [5, 5.41) is 17.3. The fourth-order valence-electron chi connectivity index (χ4n) is 3.04. The van der Waals surface area contributed by atoms with Crippen molar-refractivity contribution in [2.45, 2.75) is 122 Å². The van der Waals surface area contributed by atoms with Gasteiger partial charge < -0.3 is 14.9 Å². The lowest BCUT2D eigenvalue weighted by atomic mass is 10.0. The van der Waals surface area contributed by atoms with Crippen molar-refractivity contribution in [1.29, 1.82) is 0 Å². The van der Waals surface area contributed by atoms with Crippen molar-refractivity contribution >= 4 is 0 Å². The molecule has 3 heteroatoms. The zero-order valence-corrected chi connectivity index (χ0v) is 16.3. The number of ether oxygens (including phenoxy) is 1. The topological polar surface area (TPSA) is 49.7 Å². The van der Waals surface area contributed by atoms with Crippen LogP contribution in [0.5, 0.6) is 0 Å². The van der Waals surface area contributed by atoms with E-state index in [4.69, 9.17) is 14.9 Å². The third kappa shape index (κ3) is 21.9. The van der Waals surface area contributed by atoms with E-state index in [1.54, 1.807) is 0 Å². The molecule has 0 aliphatic carbocycles. The van der Waals surface area contributed by atoms with Crippen molar-refractivity contribution < 1.29 is 14.9 Å². The highest BCUT2D eigenvalue weighted by atomic mass is 16.5. The largest absolute Gasteiger partial charge is 0.381 e. The average Bonchev–Trinajstić information content (AvgIpc) is 2.56. The summed E-state index contributed by atoms with van der Waals surface area (Å²) >= 11 is 0. The van der Waals surface area contributed by atoms with Crippen LogP contribution in [0.1, 0.15) is 116 Å². The zero-order chi connectivity index (χ0) is 17.7. The molecule has 0 fully saturated rings. The van der Waals surface area contributed by atoms with Crippen molar-refractivity contribution in [2.75, 3.05) is 13.2 Å². The molecule has 0 unspecified atom stereocenters. The molecule has 0 saturated heterocycles. The zero-order valence-electron chi connectivity index (χ0n) is 16.3. The molecule has 3 nitrogen and oxygen atoms in total. The number of aliphatic hydroxyl groups excluding tert-OH is 1. The summed E-state index contributed by atoms with van der Waals surface area (Å²) in [4.78, 5) is 0. The SMILES string of the molecule is CCCCCCCCCCCCCCCCCCOCCC(O)O. The van der Waals surface area contributed by atoms with Crippen LogP contribution in [0.15, 0.2) is 0 Å². The first-order chi connectivity index (χ1) is 11.8. The van der Waals surface area contributed by atoms with Crippen molar-refractivity contribution in [3.8, 4) is 0 Å². The van der Waals surface area contributed by atoms with Gasteiger partial charge in [0.2, 0.25) is 0 Å². The lowest BCUT2D eigenvalue weighted by molar-refractivity contribution is -0.0611. The molecule has 0 aromatic carbocycles. The van der Waals surface area contributed by atoms with Crippen LogP contribution < -0.4 is 0 Å². The second kappa shape index (κ2) is 20.9. The fourth-order valence-corrected chi connectivity index (χ4v) is 3.04. The Labute approximate surface area is 151 Å². The van der Waals surface area contributed by atoms with Crippen LogP contribution in [0.2, 0.25) is 0 Å². The van der Waals surface area contributed by atoms with Gasteiger partial charge in [-0.05, 0) is 6.42 Å². The molecule has 0 rings (SSSR count). The maximum absolute atomic E-state index is 8.67. The van der Waals surface area contributed by atoms with E-state index in [0.717, 1.165) is 13.0 Å². The summed E-state index contributed by atoms with van der Waals surface area (Å²) < 4.78 is 5.34. The van der Waals surface area contributed by atoms with Crippen LogP contribution in [0.3, 0.4) is 0 Å². The number of hydrogen-bond donors (Lipinski definition) is 2. The van der Waals surface area contributed by atoms with E-state index in [1.165, 1.54) is 96.3 Å². The predicted octanol–water partition coefficient (Wildman–Crippen LogP) is 5.97. The Kier molecular flexibility index (Phi) is 20.8. The van der Waals surface area contributed by atoms with Gasteiger partial charge in [0.1, 0.15) is 0 Å². The minimum atomic E-state index is -1.23. The Morgan fingerprint density at radius 2 is 0.917 bits per heavy atom. The van der Waals surface area contributed by atoms with E-state index in [9.17, 15) is 0 Å². The monoisotopic (exact) mass is 344 g/mol. The quantitative estimate of drug-likeness (QED) is 0.211. The first-order valence-corrected chi connectivity index (χ1v) is 10.7. The summed E-state index contributed by atoms with van der Waals surface area (Å²) in [6.07, 6.45) is 21.2. The second-order valence-electron chi connectivity index (χ2n) is 7.18. The number of hydrogen-bond acceptors (Lipinski definition) is 3. The Bertz CT molecular complexity index is 219. The Morgan fingerprint density at radius 1 is 0.542 bits per heavy atom. The van der Waals surface area contributed by atoms with Gasteiger partial charge in [-0.3, -0.25) is 0 Å². The van der Waals surface area contributed by atoms with Crippen LogP contribution in [0, 0.1) is 0 Å². The van der Waals surface area contributed by atoms with Crippen LogP contribution in [0.25, 0.3) is 0 Å². The molecule has 0 aromatic heterocycles. The lowest BCUT2D eigenvalue weighted by Crippen LogP contribution is -2.09. The maximum Gasteiger partial charge on any atom is 0.153 e. The summed E-state index contributed by atoms with van der Waals surface area (Å²) in [5.41, 5.74) is 0. The standard InChI is InChI=1S/C21H44O3/c1-2-3-4-5-6-7-8-9-10-11-12-13-14-15-16-17-19-24-20-18-21(22)23/h21-23H,2-20H2,1H3. The first-order valence-electron chi connectivity index (χ1n) is 10.7. The third-order valence-corrected chi connectivity index (χ3v) is 4.66. The molecular formula is C21H44O3. The maximum atomic E-state index is 8.67. The van der Waals surface area contributed by atoms with Crippen LogP contribution >= 0.6 is 0 Å². The molecule has 0 aromatic rings. The first kappa shape index (κ1) is 23.9. The van der Waals surface area contributed by atoms with E-state index >= 15 is 0 Å². The molecule has 0 aliphatic heterocycles. The van der Waals surface area contributed by atoms with Gasteiger partial charge >= 0.3 is 0 Å². The number of rotatable bonds is 20. The predicted molar refractivity (Wildman–Crippen MR) is 103 cm³/mol. The van der Waals surface area contributed by atoms with E-state index < -0.39 is 6.29 Å². The molecule has 0 radical (unpaired) electrons. The van der Waals surface area contributed by atoms with Gasteiger partial charge in [0.15, 0.2) is 6.29 Å². The van der Waals surface area contributed by atoms with E-state index in [-0.39, 0.29) is 0 Å². The molecule has 0 bridgehead atoms. The van der Waals surface area contributed by atoms with Crippen LogP contribution in [-0.2, 0) is 4.74 Å². The highest BCUT2D eigenvalue weighted by Gasteiger charge is 1.97. The summed E-state index contributed by atoms with van der Waals surface area (Å²) in [6, 6.07) is 0. The van der Waals surface area contributed by atoms with Crippen molar-refractivity contribution in [2.24, 2.45) is 0 Å². The molecule has 0 heterocycles. The fraction of sp³-hybridized carbons (Fsp3) is 1.00. The summed E-state index contributed by atoms with van der Waals surface area (Å²) in [6.45, 7) is 3.49. The smallest absolute Gasteiger partial charge is 0.153 e. The lowest BCUT2D eigenvalue weighted by Gasteiger charge is -2.05. The van der Waals surface area contributed by atoms with Gasteiger partial charge in [-0.2, -0.15) is 0 Å². The van der Waals surface area contributed by atoms with Crippen LogP contribution in [0.4, 0.5) is 0 Å². The van der Waals surface area contributed by atoms with Crippen molar-refractivity contribution in [3.05, 3.63) is 0 Å². The van der Waals surface area contributed by atoms with E-state index in [2.05, 4.69) is 6.92 Å². The van der Waals surface area contributed by atoms with Crippen LogP contribution in [-0.4, -0.2) is 29.7 Å². The molecule has 146 valence electrons. The number of unbranched alkanes of at least 4 members (excludes halogenated alkanes) is 15. The van der Waals surface area contributed by atoms with Crippen molar-refractivity contribution in [3.63, 3.8) is 0 Å². The van der Waals surface area contributed by atoms with E-state index in [0.29, 0.717) is 13.0 Å². The molecule has 2 N–H and O–H groups in total. The van der Waals surface area contributed by atoms with Gasteiger partial charge in [-0.25, -0.2) is 0 Å². The molecule has 0 atom stereocenters. The molecule has 24 heavy (non-hydrogen) atoms. The minimum Gasteiger partial charge on any atom is -0.381 e. The van der Waals surface area contributed by atoms with Gasteiger partial charge in [0.05, 0.1) is 6.61 Å². The van der Waals surface area contributed by atoms with Gasteiger partial charge in [-0.15, -0.1) is 0 Å². The van der Waals surface area contributed by atoms with Crippen molar-refractivity contribution in [1.82, 2.24) is 0 Å². The molecular weight excluding hydrogens is 300 g/mol. The Hall–Kier alpha value is -0.120. The highest BCUT2D eigenvalue weighted by molar-refractivity contribution is 4.50. The Balaban J connectivity index is 2.95. The molecule has 0 aliphatic rings. The molecule has 0 saturated carbocycles. The average molecular weight is 345 g/mol. The summed E-state index contributed by atoms with van der Waals surface area (Å²) in [5.74, 6) is 0. The molecule has 0 amide bonds. The number of aliphatic hydroxyl groups is 2. The van der Waals surface area contributed by atoms with Gasteiger partial charge in [-0.1, -0.05) is 103 Å². The third-order valence-electron chi connectivity index (χ3n) is 4.66. The minimum absolute atomic E-state index is 0.318. The van der Waals surface area contributed by atoms with Gasteiger partial charge in [0.25, 0.3) is 0 Å². The second-order valence-corrected chi connectivity index (χ2v) is 7.18. The van der Waals surface area contributed by atoms with E-state index in [1.807, 2.05) is 0 Å². The Morgan fingerprint density at radius 3 is 1.29 bits per heavy atom. The molecule has 0 spiro atoms. The highest BCUT2D eigenvalue weighted by Crippen LogP contribution is 2.13. The normalized spacial score (nSPS) is 11.5.